The van der Waals surface area contributed by atoms with Gasteiger partial charge >= 0.3 is 11.9 Å². The van der Waals surface area contributed by atoms with Crippen molar-refractivity contribution in [3.05, 3.63) is 34.5 Å². The first-order valence-corrected chi connectivity index (χ1v) is 4.19. The Morgan fingerprint density at radius 2 is 2.12 bits per heavy atom. The zero-order valence-corrected chi connectivity index (χ0v) is 8.09. The van der Waals surface area contributed by atoms with E-state index in [9.17, 15) is 14.9 Å². The van der Waals surface area contributed by atoms with Crippen molar-refractivity contribution in [2.24, 2.45) is 0 Å². The van der Waals surface area contributed by atoms with Crippen LogP contribution in [0.2, 0.25) is 0 Å². The molecule has 10 nitrogen and oxygen atoms in total. The summed E-state index contributed by atoms with van der Waals surface area (Å²) in [5.41, 5.74) is -0.233. The molecule has 0 spiro atoms. The number of nitro groups is 1. The minimum atomic E-state index is -1.21. The minimum absolute atomic E-state index is 0.135. The van der Waals surface area contributed by atoms with E-state index >= 15 is 0 Å². The average molecular weight is 236 g/mol. The van der Waals surface area contributed by atoms with Crippen molar-refractivity contribution < 1.29 is 14.8 Å². The van der Waals surface area contributed by atoms with Crippen LogP contribution in [-0.4, -0.2) is 40.7 Å². The van der Waals surface area contributed by atoms with E-state index in [1.807, 2.05) is 0 Å². The number of carboxylic acid groups (broad SMARTS) is 1. The molecular formula is C7H4N6O4. The van der Waals surface area contributed by atoms with Crippen molar-refractivity contribution in [2.75, 3.05) is 0 Å². The molecule has 86 valence electrons. The standard InChI is InChI=1S/C7H4N6O4/c14-6(15)4-1-9-5(2-8-4)12-3-10-7(11-12)13(16)17/h1-3H,(H,14,15). The maximum absolute atomic E-state index is 10.5. The molecule has 0 aromatic carbocycles. The van der Waals surface area contributed by atoms with E-state index in [4.69, 9.17) is 5.11 Å². The van der Waals surface area contributed by atoms with Gasteiger partial charge in [-0.25, -0.2) is 14.8 Å². The number of nitrogens with zero attached hydrogens (tertiary/aromatic N) is 6. The smallest absolute Gasteiger partial charge is 0.476 e. The van der Waals surface area contributed by atoms with Gasteiger partial charge in [-0.15, -0.1) is 4.68 Å². The second kappa shape index (κ2) is 3.92. The van der Waals surface area contributed by atoms with Crippen molar-refractivity contribution in [2.45, 2.75) is 0 Å². The first-order chi connectivity index (χ1) is 8.08. The Morgan fingerprint density at radius 1 is 1.35 bits per heavy atom. The normalized spacial score (nSPS) is 10.1. The predicted octanol–water partition coefficient (Wildman–Crippen LogP) is -0.336. The van der Waals surface area contributed by atoms with Crippen LogP contribution in [0.25, 0.3) is 5.82 Å². The molecule has 0 aliphatic rings. The highest BCUT2D eigenvalue weighted by atomic mass is 16.6. The summed E-state index contributed by atoms with van der Waals surface area (Å²) in [6, 6.07) is 0. The van der Waals surface area contributed by atoms with E-state index in [1.165, 1.54) is 0 Å². The van der Waals surface area contributed by atoms with Gasteiger partial charge in [0.2, 0.25) is 6.33 Å². The highest BCUT2D eigenvalue weighted by molar-refractivity contribution is 5.84. The molecule has 0 amide bonds. The Balaban J connectivity index is 2.33. The van der Waals surface area contributed by atoms with Crippen LogP contribution < -0.4 is 0 Å². The van der Waals surface area contributed by atoms with Crippen molar-refractivity contribution in [3.63, 3.8) is 0 Å². The maximum Gasteiger partial charge on any atom is 0.491 e. The number of hydrogen-bond acceptors (Lipinski definition) is 7. The van der Waals surface area contributed by atoms with E-state index in [0.717, 1.165) is 23.4 Å². The summed E-state index contributed by atoms with van der Waals surface area (Å²) in [7, 11) is 0. The molecule has 0 radical (unpaired) electrons. The van der Waals surface area contributed by atoms with Crippen molar-refractivity contribution >= 4 is 11.9 Å². The number of aromatic carboxylic acids is 1. The molecule has 2 aromatic rings. The van der Waals surface area contributed by atoms with E-state index in [-0.39, 0.29) is 11.5 Å². The topological polar surface area (TPSA) is 137 Å². The van der Waals surface area contributed by atoms with Gasteiger partial charge in [0.15, 0.2) is 11.5 Å². The van der Waals surface area contributed by atoms with Crippen LogP contribution in [0.15, 0.2) is 18.7 Å². The molecule has 2 heterocycles. The molecule has 1 N–H and O–H groups in total. The molecule has 2 rings (SSSR count). The van der Waals surface area contributed by atoms with Gasteiger partial charge in [0.25, 0.3) is 0 Å². The number of hydrogen-bond donors (Lipinski definition) is 1. The molecule has 0 fully saturated rings. The molecule has 0 saturated heterocycles. The van der Waals surface area contributed by atoms with Crippen molar-refractivity contribution in [1.29, 1.82) is 0 Å². The second-order valence-electron chi connectivity index (χ2n) is 2.81. The Labute approximate surface area is 92.7 Å². The number of carboxylic acids is 1. The van der Waals surface area contributed by atoms with Gasteiger partial charge in [0, 0.05) is 5.10 Å². The van der Waals surface area contributed by atoms with Gasteiger partial charge in [-0.2, -0.15) is 0 Å². The summed E-state index contributed by atoms with van der Waals surface area (Å²) >= 11 is 0. The highest BCUT2D eigenvalue weighted by Gasteiger charge is 2.15. The van der Waals surface area contributed by atoms with Crippen molar-refractivity contribution in [1.82, 2.24) is 24.7 Å². The number of carbonyl (C=O) groups is 1. The lowest BCUT2D eigenvalue weighted by atomic mass is 10.4. The third-order valence-electron chi connectivity index (χ3n) is 1.74. The first-order valence-electron chi connectivity index (χ1n) is 4.19. The van der Waals surface area contributed by atoms with E-state index in [0.29, 0.717) is 0 Å². The molecule has 0 aliphatic heterocycles. The Hall–Kier alpha value is -2.91. The molecule has 0 atom stereocenters. The molecule has 0 saturated carbocycles. The second-order valence-corrected chi connectivity index (χ2v) is 2.81. The first kappa shape index (κ1) is 10.6. The number of aromatic nitrogens is 5. The van der Waals surface area contributed by atoms with Gasteiger partial charge < -0.3 is 15.2 Å². The lowest BCUT2D eigenvalue weighted by Gasteiger charge is -1.95. The van der Waals surface area contributed by atoms with Crippen LogP contribution >= 0.6 is 0 Å². The lowest BCUT2D eigenvalue weighted by Crippen LogP contribution is -2.05. The van der Waals surface area contributed by atoms with Crippen LogP contribution in [0, 0.1) is 10.1 Å². The van der Waals surface area contributed by atoms with Crippen LogP contribution in [0.3, 0.4) is 0 Å². The summed E-state index contributed by atoms with van der Waals surface area (Å²) < 4.78 is 1.02. The van der Waals surface area contributed by atoms with Gasteiger partial charge in [-0.05, 0) is 4.92 Å². The van der Waals surface area contributed by atoms with Gasteiger partial charge in [0.1, 0.15) is 0 Å². The highest BCUT2D eigenvalue weighted by Crippen LogP contribution is 2.05. The predicted molar refractivity (Wildman–Crippen MR) is 50.6 cm³/mol. The SMILES string of the molecule is O=C(O)c1cnc(-n2cnc([N+](=O)[O-])n2)cn1. The van der Waals surface area contributed by atoms with E-state index < -0.39 is 16.8 Å². The molecule has 17 heavy (non-hydrogen) atoms. The molecular weight excluding hydrogens is 232 g/mol. The van der Waals surface area contributed by atoms with Gasteiger partial charge in [-0.1, -0.05) is 4.98 Å². The fourth-order valence-corrected chi connectivity index (χ4v) is 0.998. The molecule has 0 unspecified atom stereocenters. The fraction of sp³-hybridized carbons (Fsp3) is 0. The lowest BCUT2D eigenvalue weighted by molar-refractivity contribution is -0.394. The molecule has 0 bridgehead atoms. The minimum Gasteiger partial charge on any atom is -0.476 e. The summed E-state index contributed by atoms with van der Waals surface area (Å²) in [6.07, 6.45) is 3.23. The largest absolute Gasteiger partial charge is 0.491 e. The van der Waals surface area contributed by atoms with Crippen LogP contribution in [-0.2, 0) is 0 Å². The molecule has 10 heteroatoms. The summed E-state index contributed by atoms with van der Waals surface area (Å²) in [4.78, 5) is 30.8. The van der Waals surface area contributed by atoms with Gasteiger partial charge in [0.05, 0.1) is 12.4 Å². The third kappa shape index (κ3) is 2.04. The van der Waals surface area contributed by atoms with Crippen LogP contribution in [0.1, 0.15) is 10.5 Å². The maximum atomic E-state index is 10.5. The quantitative estimate of drug-likeness (QED) is 0.564. The fourth-order valence-electron chi connectivity index (χ4n) is 0.998. The van der Waals surface area contributed by atoms with Gasteiger partial charge in [-0.3, -0.25) is 0 Å². The monoisotopic (exact) mass is 236 g/mol. The number of rotatable bonds is 3. The summed E-state index contributed by atoms with van der Waals surface area (Å²) in [5, 5.41) is 22.5. The summed E-state index contributed by atoms with van der Waals surface area (Å²) in [6.45, 7) is 0. The summed E-state index contributed by atoms with van der Waals surface area (Å²) in [5.74, 6) is -1.65. The van der Waals surface area contributed by atoms with E-state index in [1.54, 1.807) is 0 Å². The van der Waals surface area contributed by atoms with E-state index in [2.05, 4.69) is 20.1 Å². The zero-order valence-electron chi connectivity index (χ0n) is 8.09. The molecule has 0 aliphatic carbocycles. The third-order valence-corrected chi connectivity index (χ3v) is 1.74. The Morgan fingerprint density at radius 3 is 2.59 bits per heavy atom. The average Bonchev–Trinajstić information content (AvgIpc) is 2.78. The Bertz CT molecular complexity index is 576. The molecule has 2 aromatic heterocycles. The zero-order chi connectivity index (χ0) is 12.4. The van der Waals surface area contributed by atoms with Crippen LogP contribution in [0.5, 0.6) is 0 Å². The van der Waals surface area contributed by atoms with Crippen LogP contribution in [0.4, 0.5) is 5.95 Å². The van der Waals surface area contributed by atoms with Crippen molar-refractivity contribution in [3.8, 4) is 5.82 Å². The Kier molecular flexibility index (Phi) is 2.45.